The summed E-state index contributed by atoms with van der Waals surface area (Å²) in [5.74, 6) is -0.607. The van der Waals surface area contributed by atoms with Gasteiger partial charge in [-0.05, 0) is 36.2 Å². The summed E-state index contributed by atoms with van der Waals surface area (Å²) in [6.07, 6.45) is 5.03. The molecule has 0 aliphatic carbocycles. The summed E-state index contributed by atoms with van der Waals surface area (Å²) in [5.41, 5.74) is 2.19. The number of benzene rings is 2. The molecule has 186 valence electrons. The van der Waals surface area contributed by atoms with Crippen LogP contribution in [-0.4, -0.2) is 45.0 Å². The van der Waals surface area contributed by atoms with Crippen LogP contribution >= 0.6 is 11.6 Å². The molecule has 0 saturated carbocycles. The number of aromatic nitrogens is 4. The number of alkyl halides is 1. The number of amides is 1. The third-order valence-corrected chi connectivity index (χ3v) is 6.68. The molecule has 1 fully saturated rings. The maximum Gasteiger partial charge on any atom is 0.252 e. The Labute approximate surface area is 211 Å². The van der Waals surface area contributed by atoms with Crippen molar-refractivity contribution in [2.45, 2.75) is 25.1 Å². The third-order valence-electron chi connectivity index (χ3n) is 6.37. The van der Waals surface area contributed by atoms with Crippen LogP contribution in [0.15, 0.2) is 55.0 Å². The number of aryl methyl sites for hydroxylation is 1. The van der Waals surface area contributed by atoms with E-state index in [-0.39, 0.29) is 23.5 Å². The molecular weight excluding hydrogens is 488 g/mol. The number of hydrogen-bond acceptors (Lipinski definition) is 5. The number of carbonyl (C=O) groups excluding carboxylic acids is 1. The first-order valence-corrected chi connectivity index (χ1v) is 12.0. The number of ether oxygens (including phenoxy) is 1. The van der Waals surface area contributed by atoms with Gasteiger partial charge in [0.25, 0.3) is 5.91 Å². The molecule has 1 saturated heterocycles. The zero-order chi connectivity index (χ0) is 25.2. The first kappa shape index (κ1) is 24.3. The molecule has 0 spiro atoms. The fourth-order valence-electron chi connectivity index (χ4n) is 4.37. The van der Waals surface area contributed by atoms with E-state index in [1.54, 1.807) is 54.6 Å². The minimum atomic E-state index is -1.04. The zero-order valence-corrected chi connectivity index (χ0v) is 20.3. The van der Waals surface area contributed by atoms with Gasteiger partial charge in [-0.3, -0.25) is 9.48 Å². The van der Waals surface area contributed by atoms with Crippen LogP contribution in [0.25, 0.3) is 10.9 Å². The molecule has 1 aliphatic rings. The van der Waals surface area contributed by atoms with Crippen molar-refractivity contribution in [2.75, 3.05) is 13.2 Å². The lowest BCUT2D eigenvalue weighted by Gasteiger charge is -2.25. The Morgan fingerprint density at radius 2 is 2.11 bits per heavy atom. The molecule has 4 aromatic rings. The quantitative estimate of drug-likeness (QED) is 0.409. The number of rotatable bonds is 6. The molecule has 10 heteroatoms. The highest BCUT2D eigenvalue weighted by Gasteiger charge is 2.26. The fraction of sp³-hybridized carbons (Fsp3) is 0.308. The molecule has 36 heavy (non-hydrogen) atoms. The van der Waals surface area contributed by atoms with Crippen LogP contribution in [0.5, 0.6) is 0 Å². The second-order valence-corrected chi connectivity index (χ2v) is 9.34. The summed E-state index contributed by atoms with van der Waals surface area (Å²) in [6.45, 7) is 0.622. The van der Waals surface area contributed by atoms with Crippen molar-refractivity contribution in [3.63, 3.8) is 0 Å². The SMILES string of the molecule is Cn1cc([C@@H](NC(=O)c2ccc3cnc(C[C@H]4CCOC[C@H]4F)nc3c2)c2ccc(Cl)c(F)c2)cn1. The van der Waals surface area contributed by atoms with E-state index in [0.29, 0.717) is 47.5 Å². The number of hydrogen-bond donors (Lipinski definition) is 1. The van der Waals surface area contributed by atoms with Gasteiger partial charge in [-0.2, -0.15) is 5.10 Å². The number of nitrogens with zero attached hydrogens (tertiary/aromatic N) is 4. The van der Waals surface area contributed by atoms with Crippen LogP contribution in [0.2, 0.25) is 5.02 Å². The zero-order valence-electron chi connectivity index (χ0n) is 19.5. The van der Waals surface area contributed by atoms with Gasteiger partial charge in [0.2, 0.25) is 0 Å². The summed E-state index contributed by atoms with van der Waals surface area (Å²) >= 11 is 5.86. The summed E-state index contributed by atoms with van der Waals surface area (Å²) < 4.78 is 35.2. The lowest BCUT2D eigenvalue weighted by atomic mass is 9.94. The minimum Gasteiger partial charge on any atom is -0.378 e. The molecular formula is C26H24ClF2N5O2. The maximum atomic E-state index is 14.2. The summed E-state index contributed by atoms with van der Waals surface area (Å²) in [5, 5.41) is 7.91. The first-order valence-electron chi connectivity index (χ1n) is 11.6. The number of halogens is 3. The Bertz CT molecular complexity index is 1410. The molecule has 0 radical (unpaired) electrons. The van der Waals surface area contributed by atoms with Gasteiger partial charge in [0, 0.05) is 54.9 Å². The molecule has 2 aromatic heterocycles. The Hall–Kier alpha value is -3.43. The van der Waals surface area contributed by atoms with Gasteiger partial charge in [0.15, 0.2) is 0 Å². The van der Waals surface area contributed by atoms with Crippen LogP contribution in [0, 0.1) is 11.7 Å². The van der Waals surface area contributed by atoms with Crippen molar-refractivity contribution in [3.05, 3.63) is 88.3 Å². The van der Waals surface area contributed by atoms with Crippen LogP contribution < -0.4 is 5.32 Å². The van der Waals surface area contributed by atoms with E-state index in [4.69, 9.17) is 16.3 Å². The second-order valence-electron chi connectivity index (χ2n) is 8.93. The van der Waals surface area contributed by atoms with E-state index in [2.05, 4.69) is 20.4 Å². The van der Waals surface area contributed by atoms with Crippen molar-refractivity contribution in [1.29, 1.82) is 0 Å². The molecule has 1 aliphatic heterocycles. The monoisotopic (exact) mass is 511 g/mol. The number of fused-ring (bicyclic) bond motifs is 1. The topological polar surface area (TPSA) is 81.9 Å². The highest BCUT2D eigenvalue weighted by Crippen LogP contribution is 2.27. The van der Waals surface area contributed by atoms with E-state index < -0.39 is 18.0 Å². The van der Waals surface area contributed by atoms with Gasteiger partial charge < -0.3 is 10.1 Å². The van der Waals surface area contributed by atoms with E-state index in [1.165, 1.54) is 12.1 Å². The third kappa shape index (κ3) is 5.22. The van der Waals surface area contributed by atoms with Gasteiger partial charge in [0.05, 0.1) is 29.4 Å². The number of carbonyl (C=O) groups is 1. The van der Waals surface area contributed by atoms with Crippen molar-refractivity contribution in [3.8, 4) is 0 Å². The molecule has 1 amide bonds. The molecule has 1 N–H and O–H groups in total. The van der Waals surface area contributed by atoms with Gasteiger partial charge >= 0.3 is 0 Å². The van der Waals surface area contributed by atoms with Gasteiger partial charge in [-0.1, -0.05) is 23.7 Å². The normalized spacial score (nSPS) is 18.8. The predicted octanol–water partition coefficient (Wildman–Crippen LogP) is 4.59. The lowest BCUT2D eigenvalue weighted by Crippen LogP contribution is -2.30. The van der Waals surface area contributed by atoms with Crippen molar-refractivity contribution >= 4 is 28.4 Å². The molecule has 2 aromatic carbocycles. The van der Waals surface area contributed by atoms with Crippen LogP contribution in [0.3, 0.4) is 0 Å². The van der Waals surface area contributed by atoms with Crippen LogP contribution in [0.4, 0.5) is 8.78 Å². The van der Waals surface area contributed by atoms with Gasteiger partial charge in [-0.25, -0.2) is 18.7 Å². The average molecular weight is 512 g/mol. The highest BCUT2D eigenvalue weighted by molar-refractivity contribution is 6.30. The molecule has 3 atom stereocenters. The molecule has 0 unspecified atom stereocenters. The average Bonchev–Trinajstić information content (AvgIpc) is 3.31. The van der Waals surface area contributed by atoms with E-state index in [0.717, 1.165) is 5.39 Å². The summed E-state index contributed by atoms with van der Waals surface area (Å²) in [6, 6.07) is 8.89. The molecule has 7 nitrogen and oxygen atoms in total. The molecule has 3 heterocycles. The van der Waals surface area contributed by atoms with E-state index in [9.17, 15) is 13.6 Å². The Morgan fingerprint density at radius 3 is 2.86 bits per heavy atom. The maximum absolute atomic E-state index is 14.2. The molecule has 5 rings (SSSR count). The second kappa shape index (κ2) is 10.3. The van der Waals surface area contributed by atoms with Gasteiger partial charge in [-0.15, -0.1) is 0 Å². The van der Waals surface area contributed by atoms with Gasteiger partial charge in [0.1, 0.15) is 17.8 Å². The smallest absolute Gasteiger partial charge is 0.252 e. The Morgan fingerprint density at radius 1 is 1.25 bits per heavy atom. The fourth-order valence-corrected chi connectivity index (χ4v) is 4.49. The van der Waals surface area contributed by atoms with Crippen LogP contribution in [-0.2, 0) is 18.2 Å². The Kier molecular flexibility index (Phi) is 6.93. The van der Waals surface area contributed by atoms with Crippen LogP contribution in [0.1, 0.15) is 39.8 Å². The predicted molar refractivity (Wildman–Crippen MR) is 131 cm³/mol. The minimum absolute atomic E-state index is 0.000126. The lowest BCUT2D eigenvalue weighted by molar-refractivity contribution is -0.00172. The largest absolute Gasteiger partial charge is 0.378 e. The molecule has 0 bridgehead atoms. The standard InChI is InChI=1S/C26H24ClF2N5O2/c1-34-13-19(12-31-34)25(16-4-5-20(27)21(28)8-16)33-26(35)17-2-3-18-11-30-24(32-23(18)9-17)10-15-6-7-36-14-22(15)29/h2-5,8-9,11-13,15,22,25H,6-7,10,14H2,1H3,(H,33,35)/t15-,22-,25+/m1/s1. The van der Waals surface area contributed by atoms with Crippen molar-refractivity contribution in [1.82, 2.24) is 25.1 Å². The first-order chi connectivity index (χ1) is 17.4. The highest BCUT2D eigenvalue weighted by atomic mass is 35.5. The summed E-state index contributed by atoms with van der Waals surface area (Å²) in [4.78, 5) is 22.3. The summed E-state index contributed by atoms with van der Waals surface area (Å²) in [7, 11) is 1.76. The van der Waals surface area contributed by atoms with Crippen molar-refractivity contribution < 1.29 is 18.3 Å². The number of nitrogens with one attached hydrogen (secondary N) is 1. The van der Waals surface area contributed by atoms with E-state index >= 15 is 0 Å². The van der Waals surface area contributed by atoms with E-state index in [1.807, 2.05) is 0 Å². The Balaban J connectivity index is 1.41. The van der Waals surface area contributed by atoms with Crippen molar-refractivity contribution in [2.24, 2.45) is 13.0 Å².